The van der Waals surface area contributed by atoms with Gasteiger partial charge in [0.1, 0.15) is 11.9 Å². The Labute approximate surface area is 203 Å². The zero-order valence-corrected chi connectivity index (χ0v) is 19.1. The molecule has 35 heavy (non-hydrogen) atoms. The van der Waals surface area contributed by atoms with E-state index >= 15 is 0 Å². The molecule has 0 saturated carbocycles. The first-order valence-electron chi connectivity index (χ1n) is 11.8. The number of benzene rings is 5. The van der Waals surface area contributed by atoms with Gasteiger partial charge in [-0.15, -0.1) is 0 Å². The van der Waals surface area contributed by atoms with Gasteiger partial charge >= 0.3 is 0 Å². The number of nitrogens with zero attached hydrogens (tertiary/aromatic N) is 1. The molecule has 0 bridgehead atoms. The van der Waals surface area contributed by atoms with Gasteiger partial charge in [0.05, 0.1) is 11.0 Å². The van der Waals surface area contributed by atoms with Crippen LogP contribution >= 0.6 is 0 Å². The summed E-state index contributed by atoms with van der Waals surface area (Å²) >= 11 is 0. The fourth-order valence-electron chi connectivity index (χ4n) is 6.34. The highest BCUT2D eigenvalue weighted by molar-refractivity contribution is 5.95. The van der Waals surface area contributed by atoms with Crippen molar-refractivity contribution in [3.8, 4) is 39.4 Å². The highest BCUT2D eigenvalue weighted by Gasteiger charge is 2.51. The van der Waals surface area contributed by atoms with Crippen molar-refractivity contribution in [3.05, 3.63) is 142 Å². The van der Waals surface area contributed by atoms with E-state index in [-0.39, 0.29) is 5.56 Å². The number of fused-ring (bicyclic) bond motifs is 10. The average molecular weight is 450 g/mol. The van der Waals surface area contributed by atoms with Crippen molar-refractivity contribution in [2.75, 3.05) is 0 Å². The van der Waals surface area contributed by atoms with E-state index in [0.29, 0.717) is 0 Å². The summed E-state index contributed by atoms with van der Waals surface area (Å²) in [6, 6.07) is 37.7. The van der Waals surface area contributed by atoms with Gasteiger partial charge in [0.25, 0.3) is 0 Å². The lowest BCUT2D eigenvalue weighted by atomic mass is 9.70. The maximum Gasteiger partial charge on any atom is 0.141 e. The second-order valence-corrected chi connectivity index (χ2v) is 9.41. The van der Waals surface area contributed by atoms with Crippen LogP contribution in [0.4, 0.5) is 4.39 Å². The predicted molar refractivity (Wildman–Crippen MR) is 138 cm³/mol. The Morgan fingerprint density at radius 2 is 1.11 bits per heavy atom. The van der Waals surface area contributed by atoms with E-state index in [1.54, 1.807) is 6.07 Å². The summed E-state index contributed by atoms with van der Waals surface area (Å²) in [7, 11) is 0. The molecule has 0 aromatic heterocycles. The van der Waals surface area contributed by atoms with Gasteiger partial charge in [-0.2, -0.15) is 5.26 Å². The molecule has 0 amide bonds. The standard InChI is InChI=1S/C33H20FN/c1-20-16-22(19-35)32(34)18-27(20)21-14-15-26-25-10-4-7-13-30(25)33(31(26)17-21)28-11-5-2-8-23(28)24-9-3-6-12-29(24)33/h2-18H,1H3. The average Bonchev–Trinajstić information content (AvgIpc) is 3.37. The summed E-state index contributed by atoms with van der Waals surface area (Å²) in [5.41, 5.74) is 12.4. The third-order valence-electron chi connectivity index (χ3n) is 7.74. The third-order valence-corrected chi connectivity index (χ3v) is 7.74. The largest absolute Gasteiger partial charge is 0.206 e. The lowest BCUT2D eigenvalue weighted by Gasteiger charge is -2.30. The van der Waals surface area contributed by atoms with Crippen molar-refractivity contribution in [1.29, 1.82) is 5.26 Å². The van der Waals surface area contributed by atoms with Gasteiger partial charge in [0.2, 0.25) is 0 Å². The molecule has 0 radical (unpaired) electrons. The molecule has 2 heteroatoms. The SMILES string of the molecule is Cc1cc(C#N)c(F)cc1-c1ccc2c(c1)C1(c3ccccc3-c3ccccc31)c1ccccc1-2. The molecule has 0 N–H and O–H groups in total. The first kappa shape index (κ1) is 19.9. The van der Waals surface area contributed by atoms with Crippen LogP contribution in [0.2, 0.25) is 0 Å². The summed E-state index contributed by atoms with van der Waals surface area (Å²) in [5.74, 6) is -0.483. The number of aryl methyl sites for hydroxylation is 1. The molecule has 2 aliphatic rings. The summed E-state index contributed by atoms with van der Waals surface area (Å²) in [4.78, 5) is 0. The van der Waals surface area contributed by atoms with Crippen LogP contribution in [-0.4, -0.2) is 0 Å². The van der Waals surface area contributed by atoms with Crippen LogP contribution in [0.25, 0.3) is 33.4 Å². The van der Waals surface area contributed by atoms with Crippen LogP contribution in [-0.2, 0) is 5.41 Å². The van der Waals surface area contributed by atoms with E-state index in [9.17, 15) is 9.65 Å². The van der Waals surface area contributed by atoms with E-state index in [1.165, 1.54) is 50.6 Å². The van der Waals surface area contributed by atoms with Crippen LogP contribution < -0.4 is 0 Å². The van der Waals surface area contributed by atoms with Gasteiger partial charge in [-0.1, -0.05) is 84.9 Å². The molecule has 0 atom stereocenters. The van der Waals surface area contributed by atoms with Crippen molar-refractivity contribution in [3.63, 3.8) is 0 Å². The van der Waals surface area contributed by atoms with Crippen molar-refractivity contribution >= 4 is 0 Å². The van der Waals surface area contributed by atoms with Gasteiger partial charge < -0.3 is 0 Å². The van der Waals surface area contributed by atoms with Gasteiger partial charge in [-0.25, -0.2) is 4.39 Å². The van der Waals surface area contributed by atoms with E-state index < -0.39 is 11.2 Å². The van der Waals surface area contributed by atoms with Crippen LogP contribution in [0, 0.1) is 24.1 Å². The fraction of sp³-hybridized carbons (Fsp3) is 0.0606. The zero-order valence-electron chi connectivity index (χ0n) is 19.1. The minimum absolute atomic E-state index is 0.0786. The Morgan fingerprint density at radius 1 is 0.600 bits per heavy atom. The first-order valence-corrected chi connectivity index (χ1v) is 11.8. The molecule has 0 heterocycles. The molecule has 5 aromatic carbocycles. The second-order valence-electron chi connectivity index (χ2n) is 9.41. The second kappa shape index (κ2) is 7.01. The Bertz CT molecular complexity index is 1670. The highest BCUT2D eigenvalue weighted by Crippen LogP contribution is 2.62. The van der Waals surface area contributed by atoms with Gasteiger partial charge in [-0.3, -0.25) is 0 Å². The summed E-state index contributed by atoms with van der Waals surface area (Å²) < 4.78 is 14.7. The first-order chi connectivity index (χ1) is 17.1. The molecule has 7 rings (SSSR count). The Kier molecular flexibility index (Phi) is 3.99. The minimum Gasteiger partial charge on any atom is -0.206 e. The Balaban J connectivity index is 1.59. The predicted octanol–water partition coefficient (Wildman–Crippen LogP) is 8.02. The lowest BCUT2D eigenvalue weighted by Crippen LogP contribution is -2.25. The van der Waals surface area contributed by atoms with E-state index in [2.05, 4.69) is 91.0 Å². The number of nitriles is 1. The quantitative estimate of drug-likeness (QED) is 0.249. The summed E-state index contributed by atoms with van der Waals surface area (Å²) in [6.07, 6.45) is 0. The smallest absolute Gasteiger partial charge is 0.141 e. The van der Waals surface area contributed by atoms with Crippen LogP contribution in [0.15, 0.2) is 103 Å². The zero-order chi connectivity index (χ0) is 23.7. The molecule has 0 fully saturated rings. The molecular formula is C33H20FN. The van der Waals surface area contributed by atoms with Crippen LogP contribution in [0.1, 0.15) is 33.4 Å². The molecule has 0 saturated heterocycles. The minimum atomic E-state index is -0.483. The fourth-order valence-corrected chi connectivity index (χ4v) is 6.34. The third kappa shape index (κ3) is 2.45. The highest BCUT2D eigenvalue weighted by atomic mass is 19.1. The lowest BCUT2D eigenvalue weighted by molar-refractivity contribution is 0.624. The molecular weight excluding hydrogens is 429 g/mol. The van der Waals surface area contributed by atoms with Gasteiger partial charge in [-0.05, 0) is 86.3 Å². The number of halogens is 1. The van der Waals surface area contributed by atoms with Gasteiger partial charge in [0.15, 0.2) is 0 Å². The molecule has 2 aliphatic carbocycles. The molecule has 1 spiro atoms. The maximum absolute atomic E-state index is 14.7. The van der Waals surface area contributed by atoms with Crippen LogP contribution in [0.3, 0.4) is 0 Å². The summed E-state index contributed by atoms with van der Waals surface area (Å²) in [6.45, 7) is 1.94. The van der Waals surface area contributed by atoms with Crippen molar-refractivity contribution in [2.45, 2.75) is 12.3 Å². The van der Waals surface area contributed by atoms with E-state index in [0.717, 1.165) is 16.7 Å². The Hall–Kier alpha value is -4.48. The molecule has 5 aromatic rings. The van der Waals surface area contributed by atoms with Crippen molar-refractivity contribution < 1.29 is 4.39 Å². The van der Waals surface area contributed by atoms with Crippen molar-refractivity contribution in [2.24, 2.45) is 0 Å². The van der Waals surface area contributed by atoms with Gasteiger partial charge in [0, 0.05) is 0 Å². The molecule has 0 unspecified atom stereocenters. The van der Waals surface area contributed by atoms with E-state index in [1.807, 2.05) is 13.0 Å². The number of hydrogen-bond donors (Lipinski definition) is 0. The van der Waals surface area contributed by atoms with Crippen molar-refractivity contribution in [1.82, 2.24) is 0 Å². The number of hydrogen-bond acceptors (Lipinski definition) is 1. The molecule has 164 valence electrons. The van der Waals surface area contributed by atoms with Crippen LogP contribution in [0.5, 0.6) is 0 Å². The Morgan fingerprint density at radius 3 is 1.66 bits per heavy atom. The summed E-state index contributed by atoms with van der Waals surface area (Å²) in [5, 5.41) is 9.27. The molecule has 1 nitrogen and oxygen atoms in total. The number of rotatable bonds is 1. The monoisotopic (exact) mass is 449 g/mol. The topological polar surface area (TPSA) is 23.8 Å². The molecule has 0 aliphatic heterocycles. The van der Waals surface area contributed by atoms with E-state index in [4.69, 9.17) is 0 Å². The normalized spacial score (nSPS) is 13.6. The maximum atomic E-state index is 14.7.